The molecule has 150 valence electrons. The highest BCUT2D eigenvalue weighted by molar-refractivity contribution is 9.10. The lowest BCUT2D eigenvalue weighted by Crippen LogP contribution is -2.19. The van der Waals surface area contributed by atoms with Crippen molar-refractivity contribution in [2.24, 2.45) is 4.99 Å². The van der Waals surface area contributed by atoms with Gasteiger partial charge in [-0.2, -0.15) is 0 Å². The SMILES string of the molecule is C=CCOc1c(Br)cc(/C=C2/SC(=Nc3ccc(F)cc3)NC2=O)cc1OCC. The van der Waals surface area contributed by atoms with Gasteiger partial charge in [-0.05, 0) is 82.7 Å². The van der Waals surface area contributed by atoms with E-state index in [4.69, 9.17) is 9.47 Å². The van der Waals surface area contributed by atoms with Crippen molar-refractivity contribution < 1.29 is 18.7 Å². The fourth-order valence-corrected chi connectivity index (χ4v) is 3.90. The third-order valence-electron chi connectivity index (χ3n) is 3.68. The Morgan fingerprint density at radius 2 is 2.03 bits per heavy atom. The lowest BCUT2D eigenvalue weighted by atomic mass is 10.2. The van der Waals surface area contributed by atoms with Crippen LogP contribution in [0.25, 0.3) is 6.08 Å². The Morgan fingerprint density at radius 3 is 2.72 bits per heavy atom. The molecule has 8 heteroatoms. The first kappa shape index (κ1) is 21.1. The molecule has 3 rings (SSSR count). The van der Waals surface area contributed by atoms with Crippen LogP contribution in [0.3, 0.4) is 0 Å². The predicted octanol–water partition coefficient (Wildman–Crippen LogP) is 5.44. The van der Waals surface area contributed by atoms with Gasteiger partial charge in [0.15, 0.2) is 16.7 Å². The van der Waals surface area contributed by atoms with E-state index in [0.29, 0.717) is 44.9 Å². The van der Waals surface area contributed by atoms with E-state index in [1.54, 1.807) is 24.3 Å². The van der Waals surface area contributed by atoms with Gasteiger partial charge in [0.1, 0.15) is 12.4 Å². The standard InChI is InChI=1S/C21H18BrFN2O3S/c1-3-9-28-19-16(22)10-13(11-17(19)27-4-2)12-18-20(26)25-21(29-18)24-15-7-5-14(23)6-8-15/h3,5-8,10-12H,1,4,9H2,2H3,(H,24,25,26)/b18-12+. The van der Waals surface area contributed by atoms with Gasteiger partial charge < -0.3 is 14.8 Å². The minimum absolute atomic E-state index is 0.253. The third kappa shape index (κ3) is 5.48. The van der Waals surface area contributed by atoms with Gasteiger partial charge in [-0.25, -0.2) is 9.38 Å². The lowest BCUT2D eigenvalue weighted by molar-refractivity contribution is -0.115. The molecular formula is C21H18BrFN2O3S. The summed E-state index contributed by atoms with van der Waals surface area (Å²) in [6.45, 7) is 6.35. The summed E-state index contributed by atoms with van der Waals surface area (Å²) >= 11 is 4.71. The molecule has 1 fully saturated rings. The van der Waals surface area contributed by atoms with Crippen LogP contribution in [-0.4, -0.2) is 24.3 Å². The van der Waals surface area contributed by atoms with Crippen LogP contribution in [0.4, 0.5) is 10.1 Å². The molecule has 1 N–H and O–H groups in total. The Labute approximate surface area is 180 Å². The summed E-state index contributed by atoms with van der Waals surface area (Å²) in [4.78, 5) is 17.1. The molecule has 0 aliphatic carbocycles. The van der Waals surface area contributed by atoms with E-state index in [2.05, 4.69) is 32.8 Å². The zero-order valence-corrected chi connectivity index (χ0v) is 18.0. The first-order valence-corrected chi connectivity index (χ1v) is 10.4. The highest BCUT2D eigenvalue weighted by Crippen LogP contribution is 2.38. The maximum absolute atomic E-state index is 13.0. The number of nitrogens with zero attached hydrogens (tertiary/aromatic N) is 1. The van der Waals surface area contributed by atoms with Crippen molar-refractivity contribution in [1.82, 2.24) is 5.32 Å². The van der Waals surface area contributed by atoms with Crippen molar-refractivity contribution in [2.45, 2.75) is 6.92 Å². The second kappa shape index (κ2) is 9.76. The Hall–Kier alpha value is -2.58. The van der Waals surface area contributed by atoms with E-state index in [-0.39, 0.29) is 11.7 Å². The number of amides is 1. The summed E-state index contributed by atoms with van der Waals surface area (Å²) in [5.74, 6) is 0.556. The predicted molar refractivity (Wildman–Crippen MR) is 118 cm³/mol. The van der Waals surface area contributed by atoms with Crippen LogP contribution in [0.5, 0.6) is 11.5 Å². The number of amidine groups is 1. The van der Waals surface area contributed by atoms with E-state index in [9.17, 15) is 9.18 Å². The number of rotatable bonds is 7. The molecule has 0 atom stereocenters. The van der Waals surface area contributed by atoms with Gasteiger partial charge in [0.25, 0.3) is 5.91 Å². The molecule has 1 heterocycles. The summed E-state index contributed by atoms with van der Waals surface area (Å²) in [5.41, 5.74) is 1.33. The Balaban J connectivity index is 1.86. The Morgan fingerprint density at radius 1 is 1.28 bits per heavy atom. The highest BCUT2D eigenvalue weighted by atomic mass is 79.9. The molecular weight excluding hydrogens is 459 g/mol. The van der Waals surface area contributed by atoms with Gasteiger partial charge in [0.2, 0.25) is 0 Å². The molecule has 1 amide bonds. The lowest BCUT2D eigenvalue weighted by Gasteiger charge is -2.13. The summed E-state index contributed by atoms with van der Waals surface area (Å²) in [5, 5.41) is 3.15. The average Bonchev–Trinajstić information content (AvgIpc) is 3.02. The quantitative estimate of drug-likeness (QED) is 0.426. The van der Waals surface area contributed by atoms with Crippen molar-refractivity contribution in [1.29, 1.82) is 0 Å². The Kier molecular flexibility index (Phi) is 7.11. The summed E-state index contributed by atoms with van der Waals surface area (Å²) in [6, 6.07) is 9.38. The molecule has 0 radical (unpaired) electrons. The van der Waals surface area contributed by atoms with Gasteiger partial charge in [-0.1, -0.05) is 12.7 Å². The van der Waals surface area contributed by atoms with E-state index in [1.807, 2.05) is 19.1 Å². The third-order valence-corrected chi connectivity index (χ3v) is 5.18. The molecule has 2 aromatic rings. The molecule has 0 spiro atoms. The number of carbonyl (C=O) groups is 1. The summed E-state index contributed by atoms with van der Waals surface area (Å²) < 4.78 is 25.1. The van der Waals surface area contributed by atoms with Gasteiger partial charge in [0.05, 0.1) is 21.7 Å². The molecule has 1 saturated heterocycles. The average molecular weight is 477 g/mol. The fraction of sp³-hybridized carbons (Fsp3) is 0.143. The molecule has 0 aromatic heterocycles. The minimum Gasteiger partial charge on any atom is -0.490 e. The largest absolute Gasteiger partial charge is 0.490 e. The maximum atomic E-state index is 13.0. The molecule has 1 aliphatic rings. The van der Waals surface area contributed by atoms with Crippen molar-refractivity contribution in [2.75, 3.05) is 13.2 Å². The molecule has 1 aliphatic heterocycles. The number of hydrogen-bond donors (Lipinski definition) is 1. The molecule has 29 heavy (non-hydrogen) atoms. The van der Waals surface area contributed by atoms with Gasteiger partial charge >= 0.3 is 0 Å². The monoisotopic (exact) mass is 476 g/mol. The van der Waals surface area contributed by atoms with Crippen LogP contribution in [0, 0.1) is 5.82 Å². The maximum Gasteiger partial charge on any atom is 0.264 e. The first-order chi connectivity index (χ1) is 14.0. The van der Waals surface area contributed by atoms with Crippen LogP contribution in [-0.2, 0) is 4.79 Å². The minimum atomic E-state index is -0.339. The highest BCUT2D eigenvalue weighted by Gasteiger charge is 2.24. The van der Waals surface area contributed by atoms with Crippen LogP contribution >= 0.6 is 27.7 Å². The van der Waals surface area contributed by atoms with E-state index >= 15 is 0 Å². The number of benzene rings is 2. The normalized spacial score (nSPS) is 16.2. The number of carbonyl (C=O) groups excluding carboxylic acids is 1. The van der Waals surface area contributed by atoms with Crippen molar-refractivity contribution in [3.05, 3.63) is 69.8 Å². The number of aliphatic imine (C=N–C) groups is 1. The summed E-state index contributed by atoms with van der Waals surface area (Å²) in [6.07, 6.45) is 3.40. The second-order valence-electron chi connectivity index (χ2n) is 5.82. The molecule has 0 saturated carbocycles. The number of thioether (sulfide) groups is 1. The molecule has 2 aromatic carbocycles. The number of nitrogens with one attached hydrogen (secondary N) is 1. The van der Waals surface area contributed by atoms with E-state index in [0.717, 1.165) is 5.56 Å². The van der Waals surface area contributed by atoms with Crippen LogP contribution < -0.4 is 14.8 Å². The topological polar surface area (TPSA) is 59.9 Å². The number of ether oxygens (including phenoxy) is 2. The molecule has 0 bridgehead atoms. The van der Waals surface area contributed by atoms with Crippen LogP contribution in [0.2, 0.25) is 0 Å². The molecule has 0 unspecified atom stereocenters. The van der Waals surface area contributed by atoms with Gasteiger partial charge in [0, 0.05) is 0 Å². The van der Waals surface area contributed by atoms with E-state index < -0.39 is 0 Å². The zero-order valence-electron chi connectivity index (χ0n) is 15.6. The number of hydrogen-bond acceptors (Lipinski definition) is 5. The van der Waals surface area contributed by atoms with Crippen molar-refractivity contribution in [3.8, 4) is 11.5 Å². The zero-order chi connectivity index (χ0) is 20.8. The molecule has 5 nitrogen and oxygen atoms in total. The first-order valence-electron chi connectivity index (χ1n) is 8.75. The van der Waals surface area contributed by atoms with Crippen LogP contribution in [0.1, 0.15) is 12.5 Å². The summed E-state index contributed by atoms with van der Waals surface area (Å²) in [7, 11) is 0. The van der Waals surface area contributed by atoms with E-state index in [1.165, 1.54) is 23.9 Å². The fourth-order valence-electron chi connectivity index (χ4n) is 2.48. The number of halogens is 2. The van der Waals surface area contributed by atoms with Crippen molar-refractivity contribution >= 4 is 50.5 Å². The smallest absolute Gasteiger partial charge is 0.264 e. The Bertz CT molecular complexity index is 990. The van der Waals surface area contributed by atoms with Crippen molar-refractivity contribution in [3.63, 3.8) is 0 Å². The van der Waals surface area contributed by atoms with Crippen LogP contribution in [0.15, 0.2) is 63.4 Å². The van der Waals surface area contributed by atoms with Gasteiger partial charge in [-0.15, -0.1) is 0 Å². The second-order valence-corrected chi connectivity index (χ2v) is 7.71. The van der Waals surface area contributed by atoms with Gasteiger partial charge in [-0.3, -0.25) is 4.79 Å².